The van der Waals surface area contributed by atoms with E-state index < -0.39 is 0 Å². The van der Waals surface area contributed by atoms with Crippen molar-refractivity contribution in [2.24, 2.45) is 5.92 Å². The van der Waals surface area contributed by atoms with E-state index in [-0.39, 0.29) is 5.91 Å². The van der Waals surface area contributed by atoms with E-state index in [0.717, 1.165) is 48.6 Å². The second kappa shape index (κ2) is 7.75. The van der Waals surface area contributed by atoms with E-state index in [1.807, 2.05) is 30.3 Å². The second-order valence-electron chi connectivity index (χ2n) is 6.82. The number of carbonyl (C=O) groups excluding carboxylic acids is 1. The van der Waals surface area contributed by atoms with Gasteiger partial charge in [0, 0.05) is 5.56 Å². The van der Waals surface area contributed by atoms with Crippen LogP contribution in [0.2, 0.25) is 0 Å². The number of nitrogens with one attached hydrogen (secondary N) is 2. The summed E-state index contributed by atoms with van der Waals surface area (Å²) in [5.74, 6) is 1.31. The first-order chi connectivity index (χ1) is 13.2. The predicted molar refractivity (Wildman–Crippen MR) is 102 cm³/mol. The van der Waals surface area contributed by atoms with Gasteiger partial charge in [0.15, 0.2) is 5.65 Å². The highest BCUT2D eigenvalue weighted by molar-refractivity contribution is 5.94. The van der Waals surface area contributed by atoms with E-state index >= 15 is 0 Å². The van der Waals surface area contributed by atoms with Gasteiger partial charge in [-0.2, -0.15) is 5.10 Å². The summed E-state index contributed by atoms with van der Waals surface area (Å²) in [4.78, 5) is 16.8. The van der Waals surface area contributed by atoms with Gasteiger partial charge in [0.25, 0.3) is 5.91 Å². The SMILES string of the molecule is COc1ccc(C(=O)NCc2cccc3ncnn23)cc1CC1CCNC1. The fraction of sp³-hybridized carbons (Fsp3) is 0.350. The zero-order valence-corrected chi connectivity index (χ0v) is 15.3. The quantitative estimate of drug-likeness (QED) is 0.696. The summed E-state index contributed by atoms with van der Waals surface area (Å²) in [6.45, 7) is 2.45. The van der Waals surface area contributed by atoms with E-state index in [2.05, 4.69) is 20.7 Å². The van der Waals surface area contributed by atoms with Crippen molar-refractivity contribution in [2.45, 2.75) is 19.4 Å². The van der Waals surface area contributed by atoms with Crippen molar-refractivity contribution in [1.82, 2.24) is 25.2 Å². The number of carbonyl (C=O) groups is 1. The fourth-order valence-corrected chi connectivity index (χ4v) is 3.59. The van der Waals surface area contributed by atoms with Crippen LogP contribution >= 0.6 is 0 Å². The molecule has 0 radical (unpaired) electrons. The van der Waals surface area contributed by atoms with Gasteiger partial charge in [-0.05, 0) is 67.7 Å². The zero-order valence-electron chi connectivity index (χ0n) is 15.3. The third-order valence-electron chi connectivity index (χ3n) is 5.02. The van der Waals surface area contributed by atoms with Crippen LogP contribution in [0.3, 0.4) is 0 Å². The number of methoxy groups -OCH3 is 1. The normalized spacial score (nSPS) is 16.6. The molecule has 1 saturated heterocycles. The maximum absolute atomic E-state index is 12.7. The summed E-state index contributed by atoms with van der Waals surface area (Å²) in [5.41, 5.74) is 3.36. The largest absolute Gasteiger partial charge is 0.496 e. The molecule has 2 aromatic heterocycles. The first-order valence-electron chi connectivity index (χ1n) is 9.18. The first-order valence-corrected chi connectivity index (χ1v) is 9.18. The Morgan fingerprint density at radius 3 is 3.11 bits per heavy atom. The van der Waals surface area contributed by atoms with Gasteiger partial charge in [-0.15, -0.1) is 0 Å². The number of amides is 1. The molecule has 0 bridgehead atoms. The van der Waals surface area contributed by atoms with Crippen LogP contribution in [0.25, 0.3) is 5.65 Å². The highest BCUT2D eigenvalue weighted by atomic mass is 16.5. The number of aromatic nitrogens is 3. The fourth-order valence-electron chi connectivity index (χ4n) is 3.59. The lowest BCUT2D eigenvalue weighted by Gasteiger charge is -2.14. The molecule has 1 atom stereocenters. The van der Waals surface area contributed by atoms with Gasteiger partial charge >= 0.3 is 0 Å². The van der Waals surface area contributed by atoms with Crippen molar-refractivity contribution >= 4 is 11.6 Å². The molecular formula is C20H23N5O2. The summed E-state index contributed by atoms with van der Waals surface area (Å²) < 4.78 is 7.22. The Bertz CT molecular complexity index is 946. The van der Waals surface area contributed by atoms with Crippen LogP contribution in [0.15, 0.2) is 42.7 Å². The number of rotatable bonds is 6. The number of fused-ring (bicyclic) bond motifs is 1. The molecule has 27 heavy (non-hydrogen) atoms. The highest BCUT2D eigenvalue weighted by Crippen LogP contribution is 2.25. The number of benzene rings is 1. The second-order valence-corrected chi connectivity index (χ2v) is 6.82. The van der Waals surface area contributed by atoms with Gasteiger partial charge in [0.05, 0.1) is 19.3 Å². The van der Waals surface area contributed by atoms with E-state index in [1.54, 1.807) is 17.7 Å². The van der Waals surface area contributed by atoms with Crippen molar-refractivity contribution in [3.05, 3.63) is 59.5 Å². The van der Waals surface area contributed by atoms with E-state index in [0.29, 0.717) is 18.0 Å². The summed E-state index contributed by atoms with van der Waals surface area (Å²) in [6.07, 6.45) is 3.57. The molecule has 140 valence electrons. The molecular weight excluding hydrogens is 342 g/mol. The van der Waals surface area contributed by atoms with Gasteiger partial charge in [0.1, 0.15) is 12.1 Å². The predicted octanol–water partition coefficient (Wildman–Crippen LogP) is 1.82. The van der Waals surface area contributed by atoms with Crippen molar-refractivity contribution in [3.8, 4) is 5.75 Å². The zero-order chi connectivity index (χ0) is 18.6. The number of hydrogen-bond acceptors (Lipinski definition) is 5. The molecule has 1 aromatic carbocycles. The van der Waals surface area contributed by atoms with E-state index in [4.69, 9.17) is 4.74 Å². The molecule has 0 saturated carbocycles. The molecule has 1 fully saturated rings. The molecule has 7 nitrogen and oxygen atoms in total. The molecule has 0 aliphatic carbocycles. The molecule has 7 heteroatoms. The Hall–Kier alpha value is -2.93. The van der Waals surface area contributed by atoms with Crippen molar-refractivity contribution in [2.75, 3.05) is 20.2 Å². The van der Waals surface area contributed by atoms with Crippen LogP contribution in [0, 0.1) is 5.92 Å². The monoisotopic (exact) mass is 365 g/mol. The third-order valence-corrected chi connectivity index (χ3v) is 5.02. The Morgan fingerprint density at radius 2 is 2.30 bits per heavy atom. The maximum atomic E-state index is 12.7. The smallest absolute Gasteiger partial charge is 0.251 e. The van der Waals surface area contributed by atoms with Crippen LogP contribution < -0.4 is 15.4 Å². The number of hydrogen-bond donors (Lipinski definition) is 2. The summed E-state index contributed by atoms with van der Waals surface area (Å²) in [5, 5.41) is 10.6. The lowest BCUT2D eigenvalue weighted by Crippen LogP contribution is -2.24. The van der Waals surface area contributed by atoms with Gasteiger partial charge in [-0.3, -0.25) is 4.79 Å². The lowest BCUT2D eigenvalue weighted by molar-refractivity contribution is 0.0950. The molecule has 3 heterocycles. The Morgan fingerprint density at radius 1 is 1.37 bits per heavy atom. The molecule has 1 unspecified atom stereocenters. The van der Waals surface area contributed by atoms with Crippen molar-refractivity contribution in [1.29, 1.82) is 0 Å². The summed E-state index contributed by atoms with van der Waals surface area (Å²) in [7, 11) is 1.67. The summed E-state index contributed by atoms with van der Waals surface area (Å²) >= 11 is 0. The van der Waals surface area contributed by atoms with Gasteiger partial charge in [-0.25, -0.2) is 9.50 Å². The van der Waals surface area contributed by atoms with E-state index in [1.165, 1.54) is 6.33 Å². The topological polar surface area (TPSA) is 80.5 Å². The van der Waals surface area contributed by atoms with Crippen LogP contribution in [-0.2, 0) is 13.0 Å². The molecule has 0 spiro atoms. The van der Waals surface area contributed by atoms with Crippen molar-refractivity contribution in [3.63, 3.8) is 0 Å². The lowest BCUT2D eigenvalue weighted by atomic mass is 9.96. The van der Waals surface area contributed by atoms with E-state index in [9.17, 15) is 4.79 Å². The van der Waals surface area contributed by atoms with Gasteiger partial charge in [-0.1, -0.05) is 6.07 Å². The average molecular weight is 365 g/mol. The van der Waals surface area contributed by atoms with Crippen LogP contribution in [0.4, 0.5) is 0 Å². The molecule has 1 aliphatic heterocycles. The Labute approximate surface area is 157 Å². The number of nitrogens with zero attached hydrogens (tertiary/aromatic N) is 3. The molecule has 2 N–H and O–H groups in total. The van der Waals surface area contributed by atoms with Crippen molar-refractivity contribution < 1.29 is 9.53 Å². The average Bonchev–Trinajstić information content (AvgIpc) is 3.37. The molecule has 4 rings (SSSR count). The standard InChI is InChI=1S/C20H23N5O2/c1-27-18-6-5-15(10-16(18)9-14-7-8-21-11-14)20(26)22-12-17-3-2-4-19-23-13-24-25(17)19/h2-6,10,13-14,21H,7-9,11-12H2,1H3,(H,22,26). The Kier molecular flexibility index (Phi) is 5.02. The molecule has 3 aromatic rings. The number of ether oxygens (including phenoxy) is 1. The summed E-state index contributed by atoms with van der Waals surface area (Å²) in [6, 6.07) is 11.3. The highest BCUT2D eigenvalue weighted by Gasteiger charge is 2.18. The minimum atomic E-state index is -0.111. The van der Waals surface area contributed by atoms with Crippen LogP contribution in [0.1, 0.15) is 28.0 Å². The molecule has 1 aliphatic rings. The van der Waals surface area contributed by atoms with Gasteiger partial charge in [0.2, 0.25) is 0 Å². The van der Waals surface area contributed by atoms with Gasteiger partial charge < -0.3 is 15.4 Å². The minimum absolute atomic E-state index is 0.111. The van der Waals surface area contributed by atoms with Crippen LogP contribution in [-0.4, -0.2) is 40.7 Å². The first kappa shape index (κ1) is 17.5. The third kappa shape index (κ3) is 3.78. The maximum Gasteiger partial charge on any atom is 0.251 e. The minimum Gasteiger partial charge on any atom is -0.496 e. The molecule has 1 amide bonds. The van der Waals surface area contributed by atoms with Crippen LogP contribution in [0.5, 0.6) is 5.75 Å². The Balaban J connectivity index is 1.48. The number of pyridine rings is 1.